The van der Waals surface area contributed by atoms with E-state index in [1.165, 1.54) is 16.9 Å². The summed E-state index contributed by atoms with van der Waals surface area (Å²) in [6.45, 7) is 8.46. The quantitative estimate of drug-likeness (QED) is 0.849. The highest BCUT2D eigenvalue weighted by Gasteiger charge is 2.16. The van der Waals surface area contributed by atoms with Gasteiger partial charge in [-0.15, -0.1) is 11.3 Å². The predicted octanol–water partition coefficient (Wildman–Crippen LogP) is 4.22. The average molecular weight is 346 g/mol. The lowest BCUT2D eigenvalue weighted by Gasteiger charge is -2.19. The number of nitrogens with one attached hydrogen (secondary N) is 1. The molecule has 128 valence electrons. The highest BCUT2D eigenvalue weighted by molar-refractivity contribution is 7.16. The molecule has 5 nitrogen and oxygen atoms in total. The normalized spacial score (nSPS) is 11.3. The van der Waals surface area contributed by atoms with E-state index < -0.39 is 5.97 Å². The van der Waals surface area contributed by atoms with Crippen molar-refractivity contribution in [2.75, 3.05) is 5.32 Å². The molecular weight excluding hydrogens is 324 g/mol. The van der Waals surface area contributed by atoms with E-state index in [-0.39, 0.29) is 24.2 Å². The van der Waals surface area contributed by atoms with Gasteiger partial charge in [0.15, 0.2) is 5.13 Å². The average Bonchev–Trinajstić information content (AvgIpc) is 2.85. The Balaban J connectivity index is 2.14. The Morgan fingerprint density at radius 3 is 2.33 bits per heavy atom. The smallest absolute Gasteiger partial charge is 0.303 e. The summed E-state index contributed by atoms with van der Waals surface area (Å²) in [4.78, 5) is 27.7. The van der Waals surface area contributed by atoms with Crippen LogP contribution in [0.3, 0.4) is 0 Å². The Morgan fingerprint density at radius 2 is 1.79 bits per heavy atom. The molecule has 0 saturated heterocycles. The number of amides is 1. The van der Waals surface area contributed by atoms with E-state index in [2.05, 4.69) is 43.2 Å². The summed E-state index contributed by atoms with van der Waals surface area (Å²) in [6, 6.07) is 8.27. The van der Waals surface area contributed by atoms with Crippen molar-refractivity contribution >= 4 is 28.3 Å². The van der Waals surface area contributed by atoms with E-state index in [4.69, 9.17) is 5.11 Å². The van der Waals surface area contributed by atoms with Crippen LogP contribution in [0.25, 0.3) is 11.3 Å². The van der Waals surface area contributed by atoms with Gasteiger partial charge >= 0.3 is 5.97 Å². The third-order valence-electron chi connectivity index (χ3n) is 3.63. The van der Waals surface area contributed by atoms with Crippen molar-refractivity contribution < 1.29 is 14.7 Å². The maximum absolute atomic E-state index is 11.7. The molecule has 0 aliphatic rings. The van der Waals surface area contributed by atoms with Gasteiger partial charge in [-0.1, -0.05) is 45.0 Å². The number of carbonyl (C=O) groups is 2. The first kappa shape index (κ1) is 18.1. The molecule has 0 bridgehead atoms. The molecule has 2 aromatic rings. The molecule has 2 N–H and O–H groups in total. The number of benzene rings is 1. The van der Waals surface area contributed by atoms with Crippen molar-refractivity contribution in [2.45, 2.75) is 46.0 Å². The standard InChI is InChI=1S/C18H22N2O3S/c1-11-16(12-5-7-13(8-6-12)18(2,3)4)20-17(24-11)19-14(21)9-10-15(22)23/h5-8H,9-10H2,1-4H3,(H,22,23)(H,19,20,21). The summed E-state index contributed by atoms with van der Waals surface area (Å²) in [5, 5.41) is 11.8. The van der Waals surface area contributed by atoms with Gasteiger partial charge in [0.2, 0.25) is 5.91 Å². The number of nitrogens with zero attached hydrogens (tertiary/aromatic N) is 1. The van der Waals surface area contributed by atoms with Crippen molar-refractivity contribution in [1.82, 2.24) is 4.98 Å². The third-order valence-corrected chi connectivity index (χ3v) is 4.52. The van der Waals surface area contributed by atoms with Gasteiger partial charge in [0.05, 0.1) is 12.1 Å². The van der Waals surface area contributed by atoms with Gasteiger partial charge < -0.3 is 10.4 Å². The van der Waals surface area contributed by atoms with Crippen LogP contribution in [0.2, 0.25) is 0 Å². The van der Waals surface area contributed by atoms with Crippen LogP contribution in [0.5, 0.6) is 0 Å². The summed E-state index contributed by atoms with van der Waals surface area (Å²) >= 11 is 1.39. The second kappa shape index (κ2) is 7.13. The minimum Gasteiger partial charge on any atom is -0.481 e. The van der Waals surface area contributed by atoms with Crippen molar-refractivity contribution in [2.24, 2.45) is 0 Å². The van der Waals surface area contributed by atoms with Gasteiger partial charge in [-0.2, -0.15) is 0 Å². The number of carboxylic acids is 1. The Morgan fingerprint density at radius 1 is 1.17 bits per heavy atom. The van der Waals surface area contributed by atoms with Gasteiger partial charge in [-0.3, -0.25) is 9.59 Å². The topological polar surface area (TPSA) is 79.3 Å². The number of anilines is 1. The summed E-state index contributed by atoms with van der Waals surface area (Å²) in [5.41, 5.74) is 3.19. The van der Waals surface area contributed by atoms with Crippen LogP contribution in [0.15, 0.2) is 24.3 Å². The number of thiazole rings is 1. The SMILES string of the molecule is Cc1sc(NC(=O)CCC(=O)O)nc1-c1ccc(C(C)(C)C)cc1. The minimum atomic E-state index is -0.986. The molecule has 2 rings (SSSR count). The first-order chi connectivity index (χ1) is 11.2. The zero-order valence-electron chi connectivity index (χ0n) is 14.3. The number of hydrogen-bond acceptors (Lipinski definition) is 4. The summed E-state index contributed by atoms with van der Waals surface area (Å²) < 4.78 is 0. The van der Waals surface area contributed by atoms with Gasteiger partial charge in [-0.25, -0.2) is 4.98 Å². The maximum atomic E-state index is 11.7. The second-order valence-corrected chi connectivity index (χ2v) is 7.90. The molecular formula is C18H22N2O3S. The van der Waals surface area contributed by atoms with Gasteiger partial charge in [0, 0.05) is 16.9 Å². The monoisotopic (exact) mass is 346 g/mol. The molecule has 24 heavy (non-hydrogen) atoms. The van der Waals surface area contributed by atoms with Crippen molar-refractivity contribution in [1.29, 1.82) is 0 Å². The Hall–Kier alpha value is -2.21. The molecule has 1 aromatic heterocycles. The summed E-state index contributed by atoms with van der Waals surface area (Å²) in [6.07, 6.45) is -0.235. The molecule has 1 aromatic carbocycles. The molecule has 0 unspecified atom stereocenters. The molecule has 1 amide bonds. The van der Waals surface area contributed by atoms with Gasteiger partial charge in [0.1, 0.15) is 0 Å². The van der Waals surface area contributed by atoms with Crippen LogP contribution in [-0.2, 0) is 15.0 Å². The molecule has 0 saturated carbocycles. The number of aryl methyl sites for hydroxylation is 1. The second-order valence-electron chi connectivity index (χ2n) is 6.69. The van der Waals surface area contributed by atoms with E-state index in [0.717, 1.165) is 16.1 Å². The molecule has 0 aliphatic carbocycles. The van der Waals surface area contributed by atoms with Crippen molar-refractivity contribution in [3.8, 4) is 11.3 Å². The fourth-order valence-corrected chi connectivity index (χ4v) is 3.10. The number of hydrogen-bond donors (Lipinski definition) is 2. The number of aromatic nitrogens is 1. The highest BCUT2D eigenvalue weighted by atomic mass is 32.1. The molecule has 0 fully saturated rings. The molecule has 0 radical (unpaired) electrons. The van der Waals surface area contributed by atoms with E-state index in [9.17, 15) is 9.59 Å². The number of aliphatic carboxylic acids is 1. The van der Waals surface area contributed by atoms with E-state index in [1.54, 1.807) is 0 Å². The molecule has 0 aliphatic heterocycles. The Bertz CT molecular complexity index is 743. The van der Waals surface area contributed by atoms with Crippen LogP contribution in [0.1, 0.15) is 44.1 Å². The Labute approximate surface area is 145 Å². The number of rotatable bonds is 5. The zero-order valence-corrected chi connectivity index (χ0v) is 15.2. The zero-order chi connectivity index (χ0) is 17.9. The van der Waals surface area contributed by atoms with Crippen molar-refractivity contribution in [3.63, 3.8) is 0 Å². The van der Waals surface area contributed by atoms with Crippen molar-refractivity contribution in [3.05, 3.63) is 34.7 Å². The van der Waals surface area contributed by atoms with E-state index in [0.29, 0.717) is 5.13 Å². The lowest BCUT2D eigenvalue weighted by molar-refractivity contribution is -0.138. The van der Waals surface area contributed by atoms with Crippen LogP contribution in [-0.4, -0.2) is 22.0 Å². The van der Waals surface area contributed by atoms with E-state index in [1.807, 2.05) is 19.1 Å². The molecule has 0 atom stereocenters. The summed E-state index contributed by atoms with van der Waals surface area (Å²) in [5.74, 6) is -1.32. The van der Waals surface area contributed by atoms with Crippen LogP contribution < -0.4 is 5.32 Å². The fourth-order valence-electron chi connectivity index (χ4n) is 2.25. The molecule has 6 heteroatoms. The highest BCUT2D eigenvalue weighted by Crippen LogP contribution is 2.32. The van der Waals surface area contributed by atoms with Gasteiger partial charge in [-0.05, 0) is 17.9 Å². The Kier molecular flexibility index (Phi) is 5.39. The minimum absolute atomic E-state index is 0.0520. The number of carbonyl (C=O) groups excluding carboxylic acids is 1. The summed E-state index contributed by atoms with van der Waals surface area (Å²) in [7, 11) is 0. The number of carboxylic acid groups (broad SMARTS) is 1. The largest absolute Gasteiger partial charge is 0.481 e. The predicted molar refractivity (Wildman–Crippen MR) is 96.5 cm³/mol. The van der Waals surface area contributed by atoms with E-state index >= 15 is 0 Å². The van der Waals surface area contributed by atoms with Crippen LogP contribution >= 0.6 is 11.3 Å². The lowest BCUT2D eigenvalue weighted by atomic mass is 9.86. The molecule has 1 heterocycles. The maximum Gasteiger partial charge on any atom is 0.303 e. The van der Waals surface area contributed by atoms with Crippen LogP contribution in [0.4, 0.5) is 5.13 Å². The fraction of sp³-hybridized carbons (Fsp3) is 0.389. The third kappa shape index (κ3) is 4.64. The first-order valence-electron chi connectivity index (χ1n) is 7.77. The van der Waals surface area contributed by atoms with Gasteiger partial charge in [0.25, 0.3) is 0 Å². The lowest BCUT2D eigenvalue weighted by Crippen LogP contribution is -2.12. The first-order valence-corrected chi connectivity index (χ1v) is 8.58. The van der Waals surface area contributed by atoms with Crippen LogP contribution in [0, 0.1) is 6.92 Å². The molecule has 0 spiro atoms.